The maximum absolute atomic E-state index is 13.4. The number of nitrogens with zero attached hydrogens (tertiary/aromatic N) is 2. The van der Waals surface area contributed by atoms with Crippen LogP contribution >= 0.6 is 11.8 Å². The van der Waals surface area contributed by atoms with Crippen LogP contribution < -0.4 is 0 Å². The first-order valence-electron chi connectivity index (χ1n) is 5.77. The van der Waals surface area contributed by atoms with Crippen LogP contribution in [0.3, 0.4) is 0 Å². The van der Waals surface area contributed by atoms with Gasteiger partial charge in [-0.25, -0.2) is 4.39 Å². The van der Waals surface area contributed by atoms with E-state index in [-0.39, 0.29) is 0 Å². The molecule has 2 rings (SSSR count). The van der Waals surface area contributed by atoms with Gasteiger partial charge in [-0.3, -0.25) is 4.99 Å². The van der Waals surface area contributed by atoms with Crippen molar-refractivity contribution in [1.82, 2.24) is 4.90 Å². The maximum Gasteiger partial charge on any atom is 0.422 e. The Morgan fingerprint density at radius 3 is 2.40 bits per heavy atom. The van der Waals surface area contributed by atoms with Crippen LogP contribution in [0.25, 0.3) is 0 Å². The number of halogens is 4. The van der Waals surface area contributed by atoms with E-state index >= 15 is 0 Å². The van der Waals surface area contributed by atoms with E-state index in [1.54, 1.807) is 19.0 Å². The molecule has 0 bridgehead atoms. The molecule has 0 spiro atoms. The molecule has 0 saturated carbocycles. The van der Waals surface area contributed by atoms with Crippen LogP contribution in [0, 0.1) is 0 Å². The number of rotatable bonds is 1. The summed E-state index contributed by atoms with van der Waals surface area (Å²) in [6.07, 6.45) is -14.3. The van der Waals surface area contributed by atoms with Crippen molar-refractivity contribution in [1.29, 1.82) is 0 Å². The molecule has 2 aliphatic heterocycles. The molecule has 1 fully saturated rings. The molecule has 0 radical (unpaired) electrons. The largest absolute Gasteiger partial charge is 0.422 e. The van der Waals surface area contributed by atoms with Gasteiger partial charge in [0, 0.05) is 14.1 Å². The molecule has 6 atom stereocenters. The highest BCUT2D eigenvalue weighted by molar-refractivity contribution is 8.14. The third kappa shape index (κ3) is 2.74. The van der Waals surface area contributed by atoms with Gasteiger partial charge in [0.05, 0.1) is 0 Å². The molecule has 0 amide bonds. The van der Waals surface area contributed by atoms with Crippen LogP contribution in [0.15, 0.2) is 4.99 Å². The standard InChI is InChI=1S/C10H14F4N2O3S/c1-16(2)9-15-3-4(17)5(18)6(19-8(3)20-9)7(11)10(12,13)14/h3-8,17-18H,1-2H3/t3-,4-,5+,6+,7+,8-/m1/s1. The van der Waals surface area contributed by atoms with Crippen LogP contribution in [-0.2, 0) is 4.74 Å². The summed E-state index contributed by atoms with van der Waals surface area (Å²) in [6.45, 7) is 0. The van der Waals surface area contributed by atoms with E-state index in [2.05, 4.69) is 4.99 Å². The lowest BCUT2D eigenvalue weighted by Gasteiger charge is -2.39. The topological polar surface area (TPSA) is 65.3 Å². The smallest absolute Gasteiger partial charge is 0.388 e. The number of aliphatic hydroxyl groups excluding tert-OH is 2. The lowest BCUT2D eigenvalue weighted by molar-refractivity contribution is -0.251. The third-order valence-electron chi connectivity index (χ3n) is 3.07. The van der Waals surface area contributed by atoms with Gasteiger partial charge in [0.15, 0.2) is 5.17 Å². The van der Waals surface area contributed by atoms with Crippen molar-refractivity contribution in [2.45, 2.75) is 42.1 Å². The Balaban J connectivity index is 2.17. The Morgan fingerprint density at radius 1 is 1.30 bits per heavy atom. The Bertz CT molecular complexity index is 406. The lowest BCUT2D eigenvalue weighted by atomic mass is 9.95. The number of aliphatic hydroxyl groups is 2. The monoisotopic (exact) mass is 318 g/mol. The van der Waals surface area contributed by atoms with Gasteiger partial charge in [0.2, 0.25) is 6.17 Å². The number of aliphatic imine (C=N–C) groups is 1. The fourth-order valence-electron chi connectivity index (χ4n) is 2.02. The Morgan fingerprint density at radius 2 is 1.90 bits per heavy atom. The van der Waals surface area contributed by atoms with Crippen LogP contribution in [0.5, 0.6) is 0 Å². The highest BCUT2D eigenvalue weighted by Gasteiger charge is 2.57. The van der Waals surface area contributed by atoms with Crippen molar-refractivity contribution in [3.05, 3.63) is 0 Å². The molecule has 0 aromatic heterocycles. The molecular formula is C10H14F4N2O3S. The van der Waals surface area contributed by atoms with Crippen molar-refractivity contribution in [2.24, 2.45) is 4.99 Å². The second-order valence-corrected chi connectivity index (χ2v) is 5.87. The SMILES string of the molecule is CN(C)C1=N[C@@H]2[C@@H](O)[C@H](O)[C@@H]([C@H](F)C(F)(F)F)O[C@@H]2S1. The minimum Gasteiger partial charge on any atom is -0.388 e. The average Bonchev–Trinajstić information content (AvgIpc) is 2.76. The van der Waals surface area contributed by atoms with E-state index in [0.29, 0.717) is 5.17 Å². The van der Waals surface area contributed by atoms with E-state index < -0.39 is 42.1 Å². The van der Waals surface area contributed by atoms with Crippen LogP contribution in [0.4, 0.5) is 17.6 Å². The minimum atomic E-state index is -5.16. The zero-order valence-electron chi connectivity index (χ0n) is 10.6. The second kappa shape index (κ2) is 5.32. The number of alkyl halides is 4. The van der Waals surface area contributed by atoms with Crippen molar-refractivity contribution in [3.63, 3.8) is 0 Å². The van der Waals surface area contributed by atoms with Crippen molar-refractivity contribution in [3.8, 4) is 0 Å². The van der Waals surface area contributed by atoms with E-state index in [4.69, 9.17) is 4.74 Å². The van der Waals surface area contributed by atoms with Crippen LogP contribution in [0.1, 0.15) is 0 Å². The first-order chi connectivity index (χ1) is 9.12. The van der Waals surface area contributed by atoms with Gasteiger partial charge < -0.3 is 19.8 Å². The second-order valence-electron chi connectivity index (χ2n) is 4.81. The average molecular weight is 318 g/mol. The predicted molar refractivity (Wildman–Crippen MR) is 64.1 cm³/mol. The number of fused-ring (bicyclic) bond motifs is 1. The van der Waals surface area contributed by atoms with Gasteiger partial charge in [-0.05, 0) is 0 Å². The highest BCUT2D eigenvalue weighted by atomic mass is 32.2. The molecule has 2 heterocycles. The van der Waals surface area contributed by atoms with Gasteiger partial charge in [-0.15, -0.1) is 0 Å². The molecule has 5 nitrogen and oxygen atoms in total. The first-order valence-corrected chi connectivity index (χ1v) is 6.65. The minimum absolute atomic E-state index is 0.439. The first kappa shape index (κ1) is 15.8. The number of hydrogen-bond donors (Lipinski definition) is 2. The Labute approximate surface area is 116 Å². The molecule has 0 unspecified atom stereocenters. The Kier molecular flexibility index (Phi) is 4.20. The van der Waals surface area contributed by atoms with Crippen LogP contribution in [0.2, 0.25) is 0 Å². The number of ether oxygens (including phenoxy) is 1. The Hall–Kier alpha value is -0.580. The summed E-state index contributed by atoms with van der Waals surface area (Å²) in [4.78, 5) is 5.66. The van der Waals surface area contributed by atoms with Gasteiger partial charge in [-0.2, -0.15) is 13.2 Å². The lowest BCUT2D eigenvalue weighted by Crippen LogP contribution is -2.59. The van der Waals surface area contributed by atoms with Crippen molar-refractivity contribution in [2.75, 3.05) is 14.1 Å². The fraction of sp³-hybridized carbons (Fsp3) is 0.900. The summed E-state index contributed by atoms with van der Waals surface area (Å²) < 4.78 is 55.5. The van der Waals surface area contributed by atoms with E-state index in [0.717, 1.165) is 11.8 Å². The molecular weight excluding hydrogens is 304 g/mol. The summed E-state index contributed by atoms with van der Waals surface area (Å²) >= 11 is 0.989. The molecule has 116 valence electrons. The molecule has 2 aliphatic rings. The van der Waals surface area contributed by atoms with E-state index in [1.807, 2.05) is 0 Å². The fourth-order valence-corrected chi connectivity index (χ4v) is 3.17. The molecule has 0 aromatic rings. The van der Waals surface area contributed by atoms with Gasteiger partial charge in [0.1, 0.15) is 29.8 Å². The summed E-state index contributed by atoms with van der Waals surface area (Å²) in [5.41, 5.74) is -0.948. The summed E-state index contributed by atoms with van der Waals surface area (Å²) in [6, 6.07) is -0.913. The van der Waals surface area contributed by atoms with E-state index in [9.17, 15) is 27.8 Å². The summed E-state index contributed by atoms with van der Waals surface area (Å²) in [5, 5.41) is 19.9. The molecule has 10 heteroatoms. The van der Waals surface area contributed by atoms with Crippen molar-refractivity contribution < 1.29 is 32.5 Å². The van der Waals surface area contributed by atoms with Crippen molar-refractivity contribution >= 4 is 16.9 Å². The maximum atomic E-state index is 13.4. The third-order valence-corrected chi connectivity index (χ3v) is 4.37. The zero-order valence-corrected chi connectivity index (χ0v) is 11.4. The normalized spacial score (nSPS) is 39.2. The molecule has 2 N–H and O–H groups in total. The number of thioether (sulfide) groups is 1. The molecule has 20 heavy (non-hydrogen) atoms. The molecule has 0 aliphatic carbocycles. The molecule has 0 aromatic carbocycles. The predicted octanol–water partition coefficient (Wildman–Crippen LogP) is 0.366. The number of hydrogen-bond acceptors (Lipinski definition) is 6. The number of amidine groups is 1. The molecule has 1 saturated heterocycles. The highest BCUT2D eigenvalue weighted by Crippen LogP contribution is 2.40. The van der Waals surface area contributed by atoms with Gasteiger partial charge in [-0.1, -0.05) is 11.8 Å². The van der Waals surface area contributed by atoms with E-state index in [1.165, 1.54) is 0 Å². The quantitative estimate of drug-likeness (QED) is 0.684. The summed E-state index contributed by atoms with van der Waals surface area (Å²) in [5.74, 6) is 0. The zero-order chi connectivity index (χ0) is 15.2. The van der Waals surface area contributed by atoms with Crippen LogP contribution in [-0.4, -0.2) is 76.5 Å². The summed E-state index contributed by atoms with van der Waals surface area (Å²) in [7, 11) is 3.33. The van der Waals surface area contributed by atoms with Gasteiger partial charge >= 0.3 is 6.18 Å². The van der Waals surface area contributed by atoms with Gasteiger partial charge in [0.25, 0.3) is 0 Å².